The Kier molecular flexibility index (Phi) is 2.48. The molecular formula is C5H7N3O2S. The number of nitrogens with zero attached hydrogens (tertiary/aromatic N) is 3. The van der Waals surface area contributed by atoms with Gasteiger partial charge in [0, 0.05) is 7.05 Å². The SMILES string of the molecule is Cn1nncc1SCC(=O)O. The van der Waals surface area contributed by atoms with E-state index in [1.54, 1.807) is 7.05 Å². The summed E-state index contributed by atoms with van der Waals surface area (Å²) in [5.74, 6) is -0.794. The van der Waals surface area contributed by atoms with Gasteiger partial charge < -0.3 is 5.11 Å². The highest BCUT2D eigenvalue weighted by atomic mass is 32.2. The summed E-state index contributed by atoms with van der Waals surface area (Å²) in [6.07, 6.45) is 1.54. The van der Waals surface area contributed by atoms with E-state index in [2.05, 4.69) is 10.3 Å². The second-order valence-electron chi connectivity index (χ2n) is 1.88. The summed E-state index contributed by atoms with van der Waals surface area (Å²) >= 11 is 1.20. The Balaban J connectivity index is 2.51. The third kappa shape index (κ3) is 2.23. The number of carbonyl (C=O) groups is 1. The van der Waals surface area contributed by atoms with Crippen LogP contribution in [0.25, 0.3) is 0 Å². The van der Waals surface area contributed by atoms with Crippen LogP contribution >= 0.6 is 11.8 Å². The molecule has 60 valence electrons. The number of aromatic nitrogens is 3. The van der Waals surface area contributed by atoms with Crippen LogP contribution in [0.4, 0.5) is 0 Å². The molecule has 0 atom stereocenters. The van der Waals surface area contributed by atoms with Crippen molar-refractivity contribution < 1.29 is 9.90 Å². The zero-order valence-corrected chi connectivity index (χ0v) is 6.71. The minimum Gasteiger partial charge on any atom is -0.481 e. The first kappa shape index (κ1) is 8.06. The molecule has 0 radical (unpaired) electrons. The monoisotopic (exact) mass is 173 g/mol. The molecule has 1 aromatic heterocycles. The largest absolute Gasteiger partial charge is 0.481 e. The van der Waals surface area contributed by atoms with Gasteiger partial charge in [-0.15, -0.1) is 5.10 Å². The van der Waals surface area contributed by atoms with Gasteiger partial charge in [0.25, 0.3) is 0 Å². The van der Waals surface area contributed by atoms with Crippen molar-refractivity contribution >= 4 is 17.7 Å². The molecule has 0 aromatic carbocycles. The zero-order chi connectivity index (χ0) is 8.27. The Bertz CT molecular complexity index is 260. The van der Waals surface area contributed by atoms with E-state index in [0.29, 0.717) is 0 Å². The summed E-state index contributed by atoms with van der Waals surface area (Å²) in [4.78, 5) is 10.1. The maximum Gasteiger partial charge on any atom is 0.313 e. The first-order chi connectivity index (χ1) is 5.20. The third-order valence-electron chi connectivity index (χ3n) is 1.02. The lowest BCUT2D eigenvalue weighted by atomic mass is 10.8. The van der Waals surface area contributed by atoms with Crippen LogP contribution in [0, 0.1) is 0 Å². The molecule has 6 heteroatoms. The molecule has 11 heavy (non-hydrogen) atoms. The Morgan fingerprint density at radius 3 is 3.09 bits per heavy atom. The van der Waals surface area contributed by atoms with Crippen molar-refractivity contribution in [3.8, 4) is 0 Å². The summed E-state index contributed by atoms with van der Waals surface area (Å²) in [6, 6.07) is 0. The maximum absolute atomic E-state index is 10.1. The molecule has 0 saturated carbocycles. The average Bonchev–Trinajstić information content (AvgIpc) is 2.31. The fourth-order valence-electron chi connectivity index (χ4n) is 0.547. The van der Waals surface area contributed by atoms with Crippen LogP contribution in [-0.4, -0.2) is 31.8 Å². The summed E-state index contributed by atoms with van der Waals surface area (Å²) in [5, 5.41) is 16.3. The molecule has 0 bridgehead atoms. The second kappa shape index (κ2) is 3.38. The van der Waals surface area contributed by atoms with Crippen LogP contribution in [0.5, 0.6) is 0 Å². The number of thioether (sulfide) groups is 1. The van der Waals surface area contributed by atoms with Crippen molar-refractivity contribution in [2.45, 2.75) is 5.03 Å². The van der Waals surface area contributed by atoms with Crippen molar-refractivity contribution in [2.24, 2.45) is 7.05 Å². The van der Waals surface area contributed by atoms with E-state index in [4.69, 9.17) is 5.11 Å². The molecule has 0 aliphatic carbocycles. The van der Waals surface area contributed by atoms with Gasteiger partial charge in [-0.1, -0.05) is 17.0 Å². The fourth-order valence-corrected chi connectivity index (χ4v) is 1.16. The van der Waals surface area contributed by atoms with Crippen molar-refractivity contribution in [1.82, 2.24) is 15.0 Å². The standard InChI is InChI=1S/C5H7N3O2S/c1-8-4(2-6-7-8)11-3-5(9)10/h2H,3H2,1H3,(H,9,10). The molecule has 0 amide bonds. The predicted molar refractivity (Wildman–Crippen MR) is 39.4 cm³/mol. The third-order valence-corrected chi connectivity index (χ3v) is 2.07. The van der Waals surface area contributed by atoms with Crippen LogP contribution in [0.3, 0.4) is 0 Å². The van der Waals surface area contributed by atoms with Crippen LogP contribution in [-0.2, 0) is 11.8 Å². The number of aliphatic carboxylic acids is 1. The summed E-state index contributed by atoms with van der Waals surface area (Å²) in [6.45, 7) is 0. The smallest absolute Gasteiger partial charge is 0.313 e. The Hall–Kier alpha value is -1.04. The van der Waals surface area contributed by atoms with Crippen molar-refractivity contribution in [3.63, 3.8) is 0 Å². The maximum atomic E-state index is 10.1. The summed E-state index contributed by atoms with van der Waals surface area (Å²) in [7, 11) is 1.72. The van der Waals surface area contributed by atoms with Gasteiger partial charge in [0.1, 0.15) is 5.03 Å². The molecule has 1 N–H and O–H groups in total. The Morgan fingerprint density at radius 1 is 1.91 bits per heavy atom. The van der Waals surface area contributed by atoms with Gasteiger partial charge >= 0.3 is 5.97 Å². The van der Waals surface area contributed by atoms with Crippen LogP contribution < -0.4 is 0 Å². The van der Waals surface area contributed by atoms with Crippen molar-refractivity contribution in [2.75, 3.05) is 5.75 Å². The molecule has 0 saturated heterocycles. The van der Waals surface area contributed by atoms with Gasteiger partial charge in [-0.25, -0.2) is 4.68 Å². The number of rotatable bonds is 3. The lowest BCUT2D eigenvalue weighted by molar-refractivity contribution is -0.133. The Labute approximate surface area is 67.4 Å². The van der Waals surface area contributed by atoms with Crippen LogP contribution in [0.1, 0.15) is 0 Å². The van der Waals surface area contributed by atoms with Gasteiger partial charge in [0.15, 0.2) is 0 Å². The van der Waals surface area contributed by atoms with E-state index in [1.807, 2.05) is 0 Å². The number of carboxylic acids is 1. The molecule has 1 rings (SSSR count). The van der Waals surface area contributed by atoms with E-state index in [0.717, 1.165) is 5.03 Å². The first-order valence-corrected chi connectivity index (χ1v) is 3.88. The highest BCUT2D eigenvalue weighted by molar-refractivity contribution is 7.99. The van der Waals surface area contributed by atoms with Gasteiger partial charge in [-0.05, 0) is 0 Å². The molecule has 1 aromatic rings. The van der Waals surface area contributed by atoms with Crippen molar-refractivity contribution in [3.05, 3.63) is 6.20 Å². The molecule has 5 nitrogen and oxygen atoms in total. The Morgan fingerprint density at radius 2 is 2.64 bits per heavy atom. The lowest BCUT2D eigenvalue weighted by Gasteiger charge is -1.94. The molecule has 0 fully saturated rings. The van der Waals surface area contributed by atoms with Gasteiger partial charge in [0.05, 0.1) is 11.9 Å². The van der Waals surface area contributed by atoms with E-state index in [9.17, 15) is 4.79 Å². The highest BCUT2D eigenvalue weighted by Gasteiger charge is 2.02. The summed E-state index contributed by atoms with van der Waals surface area (Å²) in [5.41, 5.74) is 0. The predicted octanol–water partition coefficient (Wildman–Crippen LogP) is -0.00820. The van der Waals surface area contributed by atoms with Gasteiger partial charge in [0.2, 0.25) is 0 Å². The number of hydrogen-bond acceptors (Lipinski definition) is 4. The summed E-state index contributed by atoms with van der Waals surface area (Å²) < 4.78 is 1.54. The topological polar surface area (TPSA) is 68.0 Å². The molecular weight excluding hydrogens is 166 g/mol. The van der Waals surface area contributed by atoms with Gasteiger partial charge in [-0.3, -0.25) is 4.79 Å². The minimum atomic E-state index is -0.837. The molecule has 1 heterocycles. The van der Waals surface area contributed by atoms with Crippen LogP contribution in [0.15, 0.2) is 11.2 Å². The van der Waals surface area contributed by atoms with Gasteiger partial charge in [-0.2, -0.15) is 0 Å². The van der Waals surface area contributed by atoms with E-state index >= 15 is 0 Å². The highest BCUT2D eigenvalue weighted by Crippen LogP contribution is 2.13. The quantitative estimate of drug-likeness (QED) is 0.651. The normalized spacial score (nSPS) is 9.91. The zero-order valence-electron chi connectivity index (χ0n) is 5.89. The second-order valence-corrected chi connectivity index (χ2v) is 2.87. The van der Waals surface area contributed by atoms with E-state index < -0.39 is 5.97 Å². The molecule has 0 aliphatic heterocycles. The molecule has 0 unspecified atom stereocenters. The average molecular weight is 173 g/mol. The fraction of sp³-hybridized carbons (Fsp3) is 0.400. The number of hydrogen-bond donors (Lipinski definition) is 1. The van der Waals surface area contributed by atoms with Crippen LogP contribution in [0.2, 0.25) is 0 Å². The number of carboxylic acid groups (broad SMARTS) is 1. The molecule has 0 aliphatic rings. The van der Waals surface area contributed by atoms with E-state index in [1.165, 1.54) is 22.6 Å². The molecule has 0 spiro atoms. The lowest BCUT2D eigenvalue weighted by Crippen LogP contribution is -2.00. The number of aryl methyl sites for hydroxylation is 1. The van der Waals surface area contributed by atoms with E-state index in [-0.39, 0.29) is 5.75 Å². The van der Waals surface area contributed by atoms with Crippen molar-refractivity contribution in [1.29, 1.82) is 0 Å². The minimum absolute atomic E-state index is 0.0429. The first-order valence-electron chi connectivity index (χ1n) is 2.89.